The lowest BCUT2D eigenvalue weighted by atomic mass is 9.63. The van der Waals surface area contributed by atoms with Gasteiger partial charge in [0.05, 0.1) is 123 Å². The third kappa shape index (κ3) is 68.8. The number of benzene rings is 1. The number of carbonyl (C=O) groups is 7. The van der Waals surface area contributed by atoms with Crippen molar-refractivity contribution in [2.45, 2.75) is 180 Å². The molecule has 121 heavy (non-hydrogen) atoms. The number of unbranched alkanes of at least 4 members (excludes halogenated alkanes) is 3. The Morgan fingerprint density at radius 3 is 1.55 bits per heavy atom. The van der Waals surface area contributed by atoms with Crippen LogP contribution < -0.4 is 5.73 Å². The first-order chi connectivity index (χ1) is 57.4. The number of methoxy groups -OCH3 is 2. The van der Waals surface area contributed by atoms with Crippen molar-refractivity contribution in [3.05, 3.63) is 75.7 Å². The molecule has 2 fully saturated rings. The summed E-state index contributed by atoms with van der Waals surface area (Å²) in [5, 5.41) is 19.5. The highest BCUT2D eigenvalue weighted by atomic mass is 79.9. The second-order valence-corrected chi connectivity index (χ2v) is 28.0. The van der Waals surface area contributed by atoms with E-state index in [0.717, 1.165) is 127 Å². The number of alkyl halides is 1. The summed E-state index contributed by atoms with van der Waals surface area (Å²) in [5.74, 6) is 12.3. The number of rotatable bonds is 46. The van der Waals surface area contributed by atoms with Crippen LogP contribution in [0.25, 0.3) is 10.4 Å². The molecular weight excluding hydrogens is 1650 g/mol. The molecule has 33 heteroatoms. The quantitative estimate of drug-likeness (QED) is 0.00373. The number of azide groups is 1. The predicted octanol–water partition coefficient (Wildman–Crippen LogP) is 13.6. The number of hydrogen-bond acceptors (Lipinski definition) is 30. The van der Waals surface area contributed by atoms with Crippen molar-refractivity contribution >= 4 is 82.4 Å². The zero-order valence-corrected chi connectivity index (χ0v) is 74.9. The van der Waals surface area contributed by atoms with Crippen molar-refractivity contribution in [1.29, 1.82) is 0 Å². The first kappa shape index (κ1) is 124. The fraction of sp³-hybridized carbons (Fsp3) is 0.705. The van der Waals surface area contributed by atoms with Gasteiger partial charge in [0.1, 0.15) is 12.2 Å². The summed E-state index contributed by atoms with van der Waals surface area (Å²) >= 11 is 6.97. The Bertz CT molecular complexity index is 2990. The minimum absolute atomic E-state index is 0. The van der Waals surface area contributed by atoms with Gasteiger partial charge in [-0.1, -0.05) is 101 Å². The number of fused-ring (bicyclic) bond motifs is 7. The number of cyclic esters (lactones) is 2. The second kappa shape index (κ2) is 87.6. The minimum atomic E-state index is -0.769. The average Bonchev–Trinajstić information content (AvgIpc) is 1.65. The highest BCUT2D eigenvalue weighted by Gasteiger charge is 2.44. The number of ketones is 2. The predicted molar refractivity (Wildman–Crippen MR) is 477 cm³/mol. The maximum Gasteiger partial charge on any atom is 0.346 e. The maximum absolute atomic E-state index is 11.4. The van der Waals surface area contributed by atoms with Gasteiger partial charge >= 0.3 is 23.9 Å². The van der Waals surface area contributed by atoms with Crippen LogP contribution in [0.5, 0.6) is 0 Å². The molecule has 0 spiro atoms. The van der Waals surface area contributed by atoms with Crippen LogP contribution in [0.4, 0.5) is 0 Å². The first-order valence-electron chi connectivity index (χ1n) is 40.1. The van der Waals surface area contributed by atoms with Gasteiger partial charge in [-0.25, -0.2) is 24.4 Å². The largest absolute Gasteiger partial charge is 0.469 e. The normalized spacial score (nSPS) is 17.1. The highest BCUT2D eigenvalue weighted by Crippen LogP contribution is 2.52. The van der Waals surface area contributed by atoms with Crippen LogP contribution in [0.15, 0.2) is 58.1 Å². The van der Waals surface area contributed by atoms with Gasteiger partial charge in [0.2, 0.25) is 6.08 Å². The lowest BCUT2D eigenvalue weighted by Gasteiger charge is -2.44. The fourth-order valence-electron chi connectivity index (χ4n) is 12.0. The molecule has 1 aromatic carbocycles. The molecule has 4 N–H and O–H groups in total. The Balaban J connectivity index is -0.000000304. The SMILES string of the molecule is C.C.C#CCCN(CCC#C)CCC#C.C1=CC2C3C=CC(C3)C2C1.C=C=NC1CC(C)(C)CC(C)(CN=C=O)C1.CC(CO)CO.CCOCCOCBr.CCOCCOCN.CCOCCOCN=[N+]=[N-].CCOCCOCOC=O.CCOCCOCS.COC(=O)CCCCCCC(=O)OC.O=C1CC(=O)c2cc3c(cc21)C(=O)OC3=O. The van der Waals surface area contributed by atoms with Crippen LogP contribution >= 0.6 is 28.6 Å². The molecule has 7 rings (SSSR count). The summed E-state index contributed by atoms with van der Waals surface area (Å²) < 4.78 is 66.7. The molecule has 2 bridgehead atoms. The number of aliphatic hydroxyl groups is 2. The maximum atomic E-state index is 11.4. The van der Waals surface area contributed by atoms with Crippen LogP contribution in [0.3, 0.4) is 0 Å². The third-order valence-corrected chi connectivity index (χ3v) is 17.8. The number of ether oxygens (including phenoxy) is 14. The number of thiol groups is 1. The monoisotopic (exact) mass is 1800 g/mol. The van der Waals surface area contributed by atoms with Crippen LogP contribution in [-0.4, -0.2) is 259 Å². The number of allylic oxidation sites excluding steroid dienone is 4. The topological polar surface area (TPSA) is 409 Å². The molecule has 1 aromatic rings. The Morgan fingerprint density at radius 1 is 0.702 bits per heavy atom. The van der Waals surface area contributed by atoms with Gasteiger partial charge in [0.15, 0.2) is 18.4 Å². The molecule has 5 aliphatic carbocycles. The number of aliphatic hydroxyl groups excluding tert-OH is 2. The fourth-order valence-corrected chi connectivity index (χ4v) is 12.3. The lowest BCUT2D eigenvalue weighted by Crippen LogP contribution is -2.39. The Morgan fingerprint density at radius 2 is 1.16 bits per heavy atom. The van der Waals surface area contributed by atoms with Crippen molar-refractivity contribution in [1.82, 2.24) is 4.90 Å². The molecule has 0 saturated heterocycles. The first-order valence-corrected chi connectivity index (χ1v) is 41.8. The number of carbonyl (C=O) groups excluding carboxylic acids is 8. The van der Waals surface area contributed by atoms with Crippen LogP contribution in [0.1, 0.15) is 215 Å². The lowest BCUT2D eigenvalue weighted by molar-refractivity contribution is -0.142. The molecule has 1 aliphatic heterocycles. The van der Waals surface area contributed by atoms with E-state index in [0.29, 0.717) is 117 Å². The number of esters is 4. The van der Waals surface area contributed by atoms with E-state index in [1.165, 1.54) is 39.2 Å². The van der Waals surface area contributed by atoms with Gasteiger partial charge in [-0.3, -0.25) is 24.0 Å². The van der Waals surface area contributed by atoms with Crippen molar-refractivity contribution in [3.8, 4) is 37.0 Å². The van der Waals surface area contributed by atoms with E-state index in [-0.39, 0.29) is 123 Å². The number of halogens is 1. The second-order valence-electron chi connectivity index (χ2n) is 27.3. The summed E-state index contributed by atoms with van der Waals surface area (Å²) in [6.07, 6.45) is 39.3. The number of Topliss-reactive ketones (excluding diaryl/α,β-unsaturated/α-hetero) is 2. The highest BCUT2D eigenvalue weighted by molar-refractivity contribution is 9.09. The molecular formula is C88H146BrN7O24S. The Labute approximate surface area is 736 Å². The number of hydrogen-bond donors (Lipinski definition) is 4. The molecule has 1 heterocycles. The van der Waals surface area contributed by atoms with Crippen molar-refractivity contribution in [3.63, 3.8) is 0 Å². The molecule has 31 nitrogen and oxygen atoms in total. The molecule has 690 valence electrons. The zero-order valence-electron chi connectivity index (χ0n) is 72.4. The van der Waals surface area contributed by atoms with Gasteiger partial charge in [0, 0.05) is 120 Å². The van der Waals surface area contributed by atoms with E-state index in [1.807, 2.05) is 34.6 Å². The van der Waals surface area contributed by atoms with Crippen molar-refractivity contribution in [2.24, 2.45) is 61.3 Å². The Kier molecular flexibility index (Phi) is 90.1. The van der Waals surface area contributed by atoms with Crippen molar-refractivity contribution in [2.75, 3.05) is 184 Å². The molecule has 2 saturated carbocycles. The summed E-state index contributed by atoms with van der Waals surface area (Å²) in [5.41, 5.74) is 14.3. The smallest absolute Gasteiger partial charge is 0.346 e. The van der Waals surface area contributed by atoms with Gasteiger partial charge in [-0.05, 0) is 144 Å². The molecule has 0 aromatic heterocycles. The van der Waals surface area contributed by atoms with Gasteiger partial charge in [-0.15, -0.1) is 37.0 Å². The van der Waals surface area contributed by atoms with Gasteiger partial charge in [-0.2, -0.15) is 12.6 Å². The number of aliphatic imine (C=N–C) groups is 2. The molecule has 6 unspecified atom stereocenters. The number of nitrogens with two attached hydrogens (primary N) is 1. The van der Waals surface area contributed by atoms with Crippen LogP contribution in [0.2, 0.25) is 0 Å². The standard InChI is InChI=1S/C13H20N2O.C12H15N.C11H4O5.C10H18O4.C10H12.C6H12O4.C5H11BrO2.C5H11N3O2.C5H13NO2.C5H12O2S.C4H10O2.2CH4/c1-5-15-11-6-12(2,3)8-13(4,7-11)9-14-10-16;1-4-7-10-13(11-8-5-2)12-9-6-3;12-8-3-9(13)5-2-7-6(1-4(5)8)10(14)16-11(7)15;1-13-9(11)7-5-3-4-6-8-10(12)14-2;1-2-9-7-4-5-8(6-7)10(9)3-1;1-2-8-3-4-9-6-10-5-7;1-2-7-3-4-8-5-6;1-2-9-3-4-10-5-7-8-6;1-2-7-3-4-8-5-6;1-2-6-3-4-7-5-8;1-4(2-5)3-6;;/h11H,1,6-9H2,2-4H3;1-3H,7-12H2;1-2H,3H2;3-8H2,1-2H3;1-2,4-5,7-10H,3,6H2;5H,2-4,6H2,1H3;2-5H2,1H3;2-5H2,1H3;2-6H2,1H3;8H,2-5H2,1H3;4-6H,2-3H2,1H3;2*1H4. The third-order valence-electron chi connectivity index (χ3n) is 17.3. The average molecular weight is 1800 g/mol. The minimum Gasteiger partial charge on any atom is -0.469 e. The van der Waals surface area contributed by atoms with Crippen molar-refractivity contribution < 1.29 is 115 Å². The Hall–Kier alpha value is -7.32. The van der Waals surface area contributed by atoms with E-state index in [2.05, 4.69) is 148 Å². The molecule has 0 radical (unpaired) electrons. The van der Waals surface area contributed by atoms with E-state index >= 15 is 0 Å². The van der Waals surface area contributed by atoms with Gasteiger partial charge in [0.25, 0.3) is 6.47 Å². The number of nitrogens with zero attached hydrogens (tertiary/aromatic N) is 6. The van der Waals surface area contributed by atoms with E-state index < -0.39 is 11.9 Å². The zero-order chi connectivity index (χ0) is 90.0. The molecule has 6 aliphatic rings. The summed E-state index contributed by atoms with van der Waals surface area (Å²) in [6, 6.07) is 2.80. The molecule has 6 atom stereocenters. The number of terminal acetylenes is 3. The summed E-state index contributed by atoms with van der Waals surface area (Å²) in [6.45, 7) is 35.4. The van der Waals surface area contributed by atoms with Crippen LogP contribution in [0, 0.1) is 77.5 Å². The van der Waals surface area contributed by atoms with E-state index in [4.69, 9.17) is 88.1 Å². The van der Waals surface area contributed by atoms with E-state index in [9.17, 15) is 38.4 Å². The summed E-state index contributed by atoms with van der Waals surface area (Å²) in [4.78, 5) is 99.2. The number of isocyanates is 1. The van der Waals surface area contributed by atoms with Gasteiger partial charge < -0.3 is 87.2 Å². The van der Waals surface area contributed by atoms with Crippen LogP contribution in [-0.2, 0) is 85.5 Å². The summed E-state index contributed by atoms with van der Waals surface area (Å²) in [7, 11) is 2.78. The molecule has 0 amide bonds. The van der Waals surface area contributed by atoms with E-state index in [1.54, 1.807) is 13.0 Å².